The van der Waals surface area contributed by atoms with E-state index in [1.54, 1.807) is 24.3 Å². The highest BCUT2D eigenvalue weighted by atomic mass is 16.2. The average molecular weight is 300 g/mol. The molecule has 0 saturated heterocycles. The summed E-state index contributed by atoms with van der Waals surface area (Å²) in [6.07, 6.45) is 8.95. The minimum atomic E-state index is -0.0254. The Morgan fingerprint density at radius 3 is 2.27 bits per heavy atom. The molecule has 2 fully saturated rings. The van der Waals surface area contributed by atoms with E-state index >= 15 is 0 Å². The monoisotopic (exact) mass is 300 g/mol. The lowest BCUT2D eigenvalue weighted by molar-refractivity contribution is -0.117. The zero-order valence-corrected chi connectivity index (χ0v) is 12.9. The van der Waals surface area contributed by atoms with E-state index in [9.17, 15) is 9.59 Å². The van der Waals surface area contributed by atoms with Crippen LogP contribution in [0.25, 0.3) is 0 Å². The first-order valence-electron chi connectivity index (χ1n) is 8.41. The molecule has 0 radical (unpaired) electrons. The third-order valence-electron chi connectivity index (χ3n) is 4.54. The maximum atomic E-state index is 12.1. The van der Waals surface area contributed by atoms with Crippen LogP contribution in [0.4, 0.5) is 5.69 Å². The van der Waals surface area contributed by atoms with Crippen LogP contribution in [0.5, 0.6) is 0 Å². The summed E-state index contributed by atoms with van der Waals surface area (Å²) in [4.78, 5) is 24.0. The number of benzene rings is 1. The molecular weight excluding hydrogens is 276 g/mol. The minimum absolute atomic E-state index is 0.0254. The van der Waals surface area contributed by atoms with E-state index in [1.165, 1.54) is 32.1 Å². The SMILES string of the molecule is O=C(CC1CCCCC1)Nc1ccc(C(=O)NC2CC2)cc1. The number of anilines is 1. The van der Waals surface area contributed by atoms with Gasteiger partial charge >= 0.3 is 0 Å². The Morgan fingerprint density at radius 2 is 1.64 bits per heavy atom. The highest BCUT2D eigenvalue weighted by Crippen LogP contribution is 2.26. The fourth-order valence-electron chi connectivity index (χ4n) is 3.07. The summed E-state index contributed by atoms with van der Waals surface area (Å²) in [7, 11) is 0. The smallest absolute Gasteiger partial charge is 0.251 e. The molecule has 0 bridgehead atoms. The zero-order chi connectivity index (χ0) is 15.4. The maximum absolute atomic E-state index is 12.1. The van der Waals surface area contributed by atoms with Crippen LogP contribution in [-0.2, 0) is 4.79 Å². The third-order valence-corrected chi connectivity index (χ3v) is 4.54. The Hall–Kier alpha value is -1.84. The van der Waals surface area contributed by atoms with Gasteiger partial charge in [0.15, 0.2) is 0 Å². The molecule has 4 heteroatoms. The topological polar surface area (TPSA) is 58.2 Å². The van der Waals surface area contributed by atoms with Gasteiger partial charge in [-0.15, -0.1) is 0 Å². The van der Waals surface area contributed by atoms with Crippen molar-refractivity contribution in [3.05, 3.63) is 29.8 Å². The molecule has 0 aromatic heterocycles. The number of nitrogens with one attached hydrogen (secondary N) is 2. The summed E-state index contributed by atoms with van der Waals surface area (Å²) in [6.45, 7) is 0. The lowest BCUT2D eigenvalue weighted by Crippen LogP contribution is -2.25. The quantitative estimate of drug-likeness (QED) is 0.874. The van der Waals surface area contributed by atoms with Crippen molar-refractivity contribution < 1.29 is 9.59 Å². The first kappa shape index (κ1) is 15.1. The predicted molar refractivity (Wildman–Crippen MR) is 86.8 cm³/mol. The summed E-state index contributed by atoms with van der Waals surface area (Å²) in [5, 5.41) is 5.90. The molecule has 2 aliphatic rings. The average Bonchev–Trinajstić information content (AvgIpc) is 3.33. The van der Waals surface area contributed by atoms with Crippen molar-refractivity contribution in [1.82, 2.24) is 5.32 Å². The molecule has 2 N–H and O–H groups in total. The van der Waals surface area contributed by atoms with E-state index in [-0.39, 0.29) is 11.8 Å². The van der Waals surface area contributed by atoms with Crippen LogP contribution in [0.2, 0.25) is 0 Å². The van der Waals surface area contributed by atoms with E-state index in [0.717, 1.165) is 18.5 Å². The van der Waals surface area contributed by atoms with Gasteiger partial charge in [-0.2, -0.15) is 0 Å². The van der Waals surface area contributed by atoms with Gasteiger partial charge in [0.05, 0.1) is 0 Å². The molecule has 2 saturated carbocycles. The second-order valence-electron chi connectivity index (χ2n) is 6.58. The molecule has 0 heterocycles. The summed E-state index contributed by atoms with van der Waals surface area (Å²) in [5.74, 6) is 0.599. The molecular formula is C18H24N2O2. The molecule has 4 nitrogen and oxygen atoms in total. The second kappa shape index (κ2) is 6.95. The van der Waals surface area contributed by atoms with Gasteiger partial charge in [-0.3, -0.25) is 9.59 Å². The van der Waals surface area contributed by atoms with Crippen LogP contribution < -0.4 is 10.6 Å². The van der Waals surface area contributed by atoms with Crippen molar-refractivity contribution in [3.8, 4) is 0 Å². The Kier molecular flexibility index (Phi) is 4.76. The van der Waals surface area contributed by atoms with Gasteiger partial charge in [0.2, 0.25) is 5.91 Å². The van der Waals surface area contributed by atoms with Crippen LogP contribution >= 0.6 is 0 Å². The Bertz CT molecular complexity index is 529. The van der Waals surface area contributed by atoms with Crippen molar-refractivity contribution in [2.75, 3.05) is 5.32 Å². The molecule has 22 heavy (non-hydrogen) atoms. The van der Waals surface area contributed by atoms with E-state index in [2.05, 4.69) is 10.6 Å². The van der Waals surface area contributed by atoms with Crippen molar-refractivity contribution in [3.63, 3.8) is 0 Å². The van der Waals surface area contributed by atoms with Crippen molar-refractivity contribution in [2.24, 2.45) is 5.92 Å². The number of carbonyl (C=O) groups excluding carboxylic acids is 2. The standard InChI is InChI=1S/C18H24N2O2/c21-17(12-13-4-2-1-3-5-13)19-15-8-6-14(7-9-15)18(22)20-16-10-11-16/h6-9,13,16H,1-5,10-12H2,(H,19,21)(H,20,22). The Balaban J connectivity index is 1.49. The molecule has 2 amide bonds. The van der Waals surface area contributed by atoms with E-state index in [0.29, 0.717) is 23.9 Å². The molecule has 0 spiro atoms. The molecule has 0 aliphatic heterocycles. The Morgan fingerprint density at radius 1 is 0.955 bits per heavy atom. The molecule has 1 aromatic rings. The van der Waals surface area contributed by atoms with Gasteiger partial charge in [0, 0.05) is 23.7 Å². The largest absolute Gasteiger partial charge is 0.349 e. The molecule has 118 valence electrons. The van der Waals surface area contributed by atoms with Crippen molar-refractivity contribution in [1.29, 1.82) is 0 Å². The lowest BCUT2D eigenvalue weighted by atomic mass is 9.87. The molecule has 2 aliphatic carbocycles. The molecule has 1 aromatic carbocycles. The summed E-state index contributed by atoms with van der Waals surface area (Å²) >= 11 is 0. The lowest BCUT2D eigenvalue weighted by Gasteiger charge is -2.20. The van der Waals surface area contributed by atoms with Crippen LogP contribution in [0.3, 0.4) is 0 Å². The Labute approximate surface area is 131 Å². The van der Waals surface area contributed by atoms with Crippen LogP contribution in [0.15, 0.2) is 24.3 Å². The second-order valence-corrected chi connectivity index (χ2v) is 6.58. The van der Waals surface area contributed by atoms with E-state index in [1.807, 2.05) is 0 Å². The predicted octanol–water partition coefficient (Wildman–Crippen LogP) is 3.49. The number of amides is 2. The highest BCUT2D eigenvalue weighted by Gasteiger charge is 2.23. The van der Waals surface area contributed by atoms with Gasteiger partial charge in [0.25, 0.3) is 5.91 Å². The van der Waals surface area contributed by atoms with Crippen molar-refractivity contribution >= 4 is 17.5 Å². The number of rotatable bonds is 5. The summed E-state index contributed by atoms with van der Waals surface area (Å²) in [5.41, 5.74) is 1.42. The van der Waals surface area contributed by atoms with Crippen molar-refractivity contribution in [2.45, 2.75) is 57.4 Å². The van der Waals surface area contributed by atoms with Crippen LogP contribution in [0, 0.1) is 5.92 Å². The van der Waals surface area contributed by atoms with Gasteiger partial charge in [0.1, 0.15) is 0 Å². The number of carbonyl (C=O) groups is 2. The third kappa shape index (κ3) is 4.33. The fourth-order valence-corrected chi connectivity index (χ4v) is 3.07. The van der Waals surface area contributed by atoms with Gasteiger partial charge in [-0.05, 0) is 55.9 Å². The van der Waals surface area contributed by atoms with Crippen LogP contribution in [-0.4, -0.2) is 17.9 Å². The van der Waals surface area contributed by atoms with Gasteiger partial charge < -0.3 is 10.6 Å². The first-order chi connectivity index (χ1) is 10.7. The number of hydrogen-bond acceptors (Lipinski definition) is 2. The first-order valence-corrected chi connectivity index (χ1v) is 8.41. The number of hydrogen-bond donors (Lipinski definition) is 2. The minimum Gasteiger partial charge on any atom is -0.349 e. The fraction of sp³-hybridized carbons (Fsp3) is 0.556. The maximum Gasteiger partial charge on any atom is 0.251 e. The normalized spacial score (nSPS) is 18.7. The van der Waals surface area contributed by atoms with E-state index < -0.39 is 0 Å². The molecule has 0 atom stereocenters. The molecule has 0 unspecified atom stereocenters. The zero-order valence-electron chi connectivity index (χ0n) is 12.9. The van der Waals surface area contributed by atoms with Gasteiger partial charge in [-0.25, -0.2) is 0 Å². The summed E-state index contributed by atoms with van der Waals surface area (Å²) in [6, 6.07) is 7.52. The molecule has 3 rings (SSSR count). The van der Waals surface area contributed by atoms with Crippen LogP contribution in [0.1, 0.15) is 61.7 Å². The summed E-state index contributed by atoms with van der Waals surface area (Å²) < 4.78 is 0. The van der Waals surface area contributed by atoms with Gasteiger partial charge in [-0.1, -0.05) is 19.3 Å². The highest BCUT2D eigenvalue weighted by molar-refractivity contribution is 5.96. The van der Waals surface area contributed by atoms with E-state index in [4.69, 9.17) is 0 Å².